The number of quaternary nitrogens is 1. The van der Waals surface area contributed by atoms with E-state index in [9.17, 15) is 9.59 Å². The predicted molar refractivity (Wildman–Crippen MR) is 110 cm³/mol. The van der Waals surface area contributed by atoms with Gasteiger partial charge in [0.05, 0.1) is 31.6 Å². The molecule has 1 aromatic carbocycles. The van der Waals surface area contributed by atoms with E-state index in [0.717, 1.165) is 44.0 Å². The summed E-state index contributed by atoms with van der Waals surface area (Å²) in [6.45, 7) is 12.5. The van der Waals surface area contributed by atoms with Crippen molar-refractivity contribution in [2.45, 2.75) is 40.5 Å². The van der Waals surface area contributed by atoms with E-state index in [2.05, 4.69) is 38.7 Å². The summed E-state index contributed by atoms with van der Waals surface area (Å²) in [5.74, 6) is 0.0625. The van der Waals surface area contributed by atoms with Gasteiger partial charge in [0.25, 0.3) is 0 Å². The molecule has 28 heavy (non-hydrogen) atoms. The molecule has 0 aromatic heterocycles. The summed E-state index contributed by atoms with van der Waals surface area (Å²) in [5, 5.41) is 0.756. The van der Waals surface area contributed by atoms with Crippen molar-refractivity contribution in [1.82, 2.24) is 4.90 Å². The zero-order chi connectivity index (χ0) is 20.3. The number of piperazine rings is 1. The smallest absolute Gasteiger partial charge is 0.240 e. The molecule has 0 radical (unpaired) electrons. The Hall–Kier alpha value is -1.59. The van der Waals surface area contributed by atoms with E-state index in [0.29, 0.717) is 6.67 Å². The SMILES string of the molecule is Cc1ccc(Cl)cc1N1CC[NH+](CN2C(=O)[C@H]3CC[C@](C)(C2=O)C3(C)C)CC1. The van der Waals surface area contributed by atoms with Crippen molar-refractivity contribution in [1.29, 1.82) is 0 Å². The number of likely N-dealkylation sites (tertiary alicyclic amines) is 1. The van der Waals surface area contributed by atoms with Crippen LogP contribution in [0.2, 0.25) is 5.02 Å². The second kappa shape index (κ2) is 6.74. The van der Waals surface area contributed by atoms with Crippen LogP contribution in [0.1, 0.15) is 39.2 Å². The molecule has 2 atom stereocenters. The average molecular weight is 405 g/mol. The lowest BCUT2D eigenvalue weighted by Crippen LogP contribution is -3.16. The molecule has 6 heteroatoms. The number of nitrogens with zero attached hydrogens (tertiary/aromatic N) is 2. The van der Waals surface area contributed by atoms with Gasteiger partial charge < -0.3 is 9.80 Å². The van der Waals surface area contributed by atoms with E-state index in [1.165, 1.54) is 16.2 Å². The fourth-order valence-electron chi connectivity index (χ4n) is 5.42. The molecule has 152 valence electrons. The van der Waals surface area contributed by atoms with Crippen LogP contribution in [0.3, 0.4) is 0 Å². The van der Waals surface area contributed by atoms with Crippen LogP contribution < -0.4 is 9.80 Å². The van der Waals surface area contributed by atoms with Gasteiger partial charge in [0.15, 0.2) is 6.67 Å². The Labute approximate surface area is 172 Å². The van der Waals surface area contributed by atoms with Crippen molar-refractivity contribution in [3.05, 3.63) is 28.8 Å². The lowest BCUT2D eigenvalue weighted by molar-refractivity contribution is -0.908. The van der Waals surface area contributed by atoms with Crippen LogP contribution in [0.25, 0.3) is 0 Å². The van der Waals surface area contributed by atoms with Gasteiger partial charge in [0.2, 0.25) is 11.8 Å². The molecular weight excluding hydrogens is 374 g/mol. The van der Waals surface area contributed by atoms with Crippen molar-refractivity contribution in [2.24, 2.45) is 16.7 Å². The van der Waals surface area contributed by atoms with Gasteiger partial charge in [-0.1, -0.05) is 38.4 Å². The van der Waals surface area contributed by atoms with Crippen molar-refractivity contribution in [3.8, 4) is 0 Å². The first kappa shape index (κ1) is 19.7. The number of amides is 2. The van der Waals surface area contributed by atoms with E-state index in [1.807, 2.05) is 12.1 Å². The van der Waals surface area contributed by atoms with E-state index in [4.69, 9.17) is 11.6 Å². The highest BCUT2D eigenvalue weighted by Gasteiger charge is 2.64. The molecule has 2 bridgehead atoms. The molecule has 2 aliphatic heterocycles. The quantitative estimate of drug-likeness (QED) is 0.785. The maximum atomic E-state index is 13.2. The summed E-state index contributed by atoms with van der Waals surface area (Å²) in [4.78, 5) is 31.5. The monoisotopic (exact) mass is 404 g/mol. The molecule has 1 aromatic rings. The number of hydrogen-bond donors (Lipinski definition) is 1. The van der Waals surface area contributed by atoms with Gasteiger partial charge >= 0.3 is 0 Å². The van der Waals surface area contributed by atoms with Crippen molar-refractivity contribution in [2.75, 3.05) is 37.7 Å². The zero-order valence-corrected chi connectivity index (χ0v) is 18.1. The fraction of sp³-hybridized carbons (Fsp3) is 0.636. The highest BCUT2D eigenvalue weighted by molar-refractivity contribution is 6.30. The summed E-state index contributed by atoms with van der Waals surface area (Å²) < 4.78 is 0. The molecule has 2 saturated heterocycles. The number of nitrogens with one attached hydrogen (secondary N) is 1. The predicted octanol–water partition coefficient (Wildman–Crippen LogP) is 2.12. The van der Waals surface area contributed by atoms with Crippen LogP contribution in [0.15, 0.2) is 18.2 Å². The Morgan fingerprint density at radius 1 is 1.18 bits per heavy atom. The fourth-order valence-corrected chi connectivity index (χ4v) is 5.59. The van der Waals surface area contributed by atoms with E-state index < -0.39 is 5.41 Å². The molecule has 4 rings (SSSR count). The van der Waals surface area contributed by atoms with Crippen LogP contribution in [-0.2, 0) is 9.59 Å². The molecule has 3 fully saturated rings. The number of hydrogen-bond acceptors (Lipinski definition) is 3. The largest absolute Gasteiger partial charge is 0.360 e. The third-order valence-electron chi connectivity index (χ3n) is 7.87. The number of fused-ring (bicyclic) bond motifs is 2. The number of aryl methyl sites for hydroxylation is 1. The van der Waals surface area contributed by atoms with Crippen LogP contribution in [-0.4, -0.2) is 49.6 Å². The van der Waals surface area contributed by atoms with Crippen molar-refractivity contribution < 1.29 is 14.5 Å². The van der Waals surface area contributed by atoms with E-state index in [-0.39, 0.29) is 23.1 Å². The third-order valence-corrected chi connectivity index (χ3v) is 8.11. The first-order valence-corrected chi connectivity index (χ1v) is 10.7. The van der Waals surface area contributed by atoms with Crippen LogP contribution >= 0.6 is 11.6 Å². The summed E-state index contributed by atoms with van der Waals surface area (Å²) in [6, 6.07) is 6.01. The highest BCUT2D eigenvalue weighted by Crippen LogP contribution is 2.59. The molecule has 0 spiro atoms. The van der Waals surface area contributed by atoms with Crippen LogP contribution in [0.5, 0.6) is 0 Å². The molecule has 2 heterocycles. The average Bonchev–Trinajstić information content (AvgIpc) is 2.85. The first-order chi connectivity index (χ1) is 13.1. The Morgan fingerprint density at radius 2 is 1.86 bits per heavy atom. The summed E-state index contributed by atoms with van der Waals surface area (Å²) >= 11 is 6.18. The number of anilines is 1. The molecule has 2 amide bonds. The minimum absolute atomic E-state index is 0.0231. The number of carbonyl (C=O) groups excluding carboxylic acids is 2. The second-order valence-corrected chi connectivity index (χ2v) is 9.98. The van der Waals surface area contributed by atoms with Gasteiger partial charge in [0, 0.05) is 16.6 Å². The first-order valence-electron chi connectivity index (χ1n) is 10.4. The minimum atomic E-state index is -0.412. The Morgan fingerprint density at radius 3 is 2.54 bits per heavy atom. The summed E-state index contributed by atoms with van der Waals surface area (Å²) in [6.07, 6.45) is 1.66. The molecular formula is C22H31ClN3O2+. The van der Waals surface area contributed by atoms with Crippen molar-refractivity contribution >= 4 is 29.1 Å². The normalized spacial score (nSPS) is 30.2. The lowest BCUT2D eigenvalue weighted by Gasteiger charge is -2.48. The number of imide groups is 1. The minimum Gasteiger partial charge on any atom is -0.360 e. The van der Waals surface area contributed by atoms with Gasteiger partial charge in [0.1, 0.15) is 0 Å². The Balaban J connectivity index is 1.44. The topological polar surface area (TPSA) is 45.1 Å². The zero-order valence-electron chi connectivity index (χ0n) is 17.3. The number of benzene rings is 1. The van der Waals surface area contributed by atoms with E-state index in [1.54, 1.807) is 4.90 Å². The molecule has 1 aliphatic carbocycles. The molecule has 0 unspecified atom stereocenters. The van der Waals surface area contributed by atoms with Gasteiger partial charge in [-0.25, -0.2) is 4.90 Å². The molecule has 1 saturated carbocycles. The Bertz CT molecular complexity index is 816. The highest BCUT2D eigenvalue weighted by atomic mass is 35.5. The Kier molecular flexibility index (Phi) is 4.74. The van der Waals surface area contributed by atoms with Crippen LogP contribution in [0.4, 0.5) is 5.69 Å². The standard InChI is InChI=1S/C22H30ClN3O2/c1-15-5-6-16(23)13-18(15)25-11-9-24(10-12-25)14-26-19(27)17-7-8-22(4,20(26)28)21(17,2)3/h5-6,13,17H,7-12,14H2,1-4H3/p+1/t17-,22-/m1/s1. The summed E-state index contributed by atoms with van der Waals surface area (Å²) in [7, 11) is 0. The maximum Gasteiger partial charge on any atom is 0.240 e. The van der Waals surface area contributed by atoms with Gasteiger partial charge in [-0.05, 0) is 42.9 Å². The van der Waals surface area contributed by atoms with Crippen LogP contribution in [0, 0.1) is 23.7 Å². The molecule has 1 N–H and O–H groups in total. The van der Waals surface area contributed by atoms with Gasteiger partial charge in [-0.3, -0.25) is 9.59 Å². The van der Waals surface area contributed by atoms with E-state index >= 15 is 0 Å². The number of halogens is 1. The second-order valence-electron chi connectivity index (χ2n) is 9.54. The number of rotatable bonds is 3. The molecule has 3 aliphatic rings. The number of piperidine rings is 1. The summed E-state index contributed by atoms with van der Waals surface area (Å²) in [5.41, 5.74) is 1.76. The number of carbonyl (C=O) groups is 2. The molecule has 5 nitrogen and oxygen atoms in total. The lowest BCUT2D eigenvalue weighted by atomic mass is 9.62. The third kappa shape index (κ3) is 2.86. The van der Waals surface area contributed by atoms with Crippen molar-refractivity contribution in [3.63, 3.8) is 0 Å². The maximum absolute atomic E-state index is 13.2. The van der Waals surface area contributed by atoms with Gasteiger partial charge in [-0.2, -0.15) is 0 Å². The van der Waals surface area contributed by atoms with Gasteiger partial charge in [-0.15, -0.1) is 0 Å².